The van der Waals surface area contributed by atoms with E-state index in [2.05, 4.69) is 59.5 Å². The van der Waals surface area contributed by atoms with Crippen molar-refractivity contribution in [3.63, 3.8) is 0 Å². The van der Waals surface area contributed by atoms with Crippen molar-refractivity contribution in [2.75, 3.05) is 17.3 Å². The Morgan fingerprint density at radius 3 is 2.74 bits per heavy atom. The second-order valence-corrected chi connectivity index (χ2v) is 8.53. The van der Waals surface area contributed by atoms with Crippen LogP contribution < -0.4 is 10.2 Å². The minimum atomic E-state index is -0.158. The molecule has 0 aliphatic heterocycles. The van der Waals surface area contributed by atoms with Crippen molar-refractivity contribution in [2.45, 2.75) is 25.3 Å². The number of nitrogens with zero attached hydrogens (tertiary/aromatic N) is 1. The topological polar surface area (TPSA) is 61.3 Å². The number of amides is 1. The number of fused-ring (bicyclic) bond motifs is 1. The summed E-state index contributed by atoms with van der Waals surface area (Å²) in [5.41, 5.74) is 6.40. The molecule has 2 unspecified atom stereocenters. The van der Waals surface area contributed by atoms with Crippen LogP contribution in [0.4, 0.5) is 11.4 Å². The quantitative estimate of drug-likeness (QED) is 0.380. The Balaban J connectivity index is 1.30. The first kappa shape index (κ1) is 19.6. The first-order valence-corrected chi connectivity index (χ1v) is 10.7. The summed E-state index contributed by atoms with van der Waals surface area (Å²) >= 11 is 5.02. The highest BCUT2D eigenvalue weighted by atomic mass is 32.1. The number of anilines is 2. The van der Waals surface area contributed by atoms with Crippen LogP contribution in [0.2, 0.25) is 0 Å². The highest BCUT2D eigenvalue weighted by Gasteiger charge is 2.41. The number of aryl methyl sites for hydroxylation is 1. The lowest BCUT2D eigenvalue weighted by atomic mass is 10.1. The molecule has 6 heteroatoms. The molecule has 5 nitrogen and oxygen atoms in total. The summed E-state index contributed by atoms with van der Waals surface area (Å²) in [5, 5.41) is 2.95. The van der Waals surface area contributed by atoms with Crippen molar-refractivity contribution < 1.29 is 9.21 Å². The Bertz CT molecular complexity index is 1320. The first-order chi connectivity index (χ1) is 15.0. The Morgan fingerprint density at radius 2 is 1.94 bits per heavy atom. The lowest BCUT2D eigenvalue weighted by Crippen LogP contribution is -2.22. The second kappa shape index (κ2) is 7.71. The molecule has 2 N–H and O–H groups in total. The van der Waals surface area contributed by atoms with Crippen LogP contribution in [0.3, 0.4) is 0 Å². The molecule has 3 aromatic carbocycles. The fourth-order valence-electron chi connectivity index (χ4n) is 4.07. The fraction of sp³-hybridized carbons (Fsp3) is 0.200. The van der Waals surface area contributed by atoms with Gasteiger partial charge in [0.1, 0.15) is 0 Å². The Labute approximate surface area is 185 Å². The lowest BCUT2D eigenvalue weighted by molar-refractivity contribution is 0.102. The van der Waals surface area contributed by atoms with Gasteiger partial charge in [0.25, 0.3) is 10.7 Å². The van der Waals surface area contributed by atoms with Crippen LogP contribution in [-0.4, -0.2) is 24.0 Å². The van der Waals surface area contributed by atoms with E-state index in [9.17, 15) is 4.79 Å². The maximum absolute atomic E-state index is 12.8. The van der Waals surface area contributed by atoms with Crippen molar-refractivity contribution in [3.8, 4) is 0 Å². The van der Waals surface area contributed by atoms with E-state index < -0.39 is 0 Å². The smallest absolute Gasteiger partial charge is 0.266 e. The third kappa shape index (κ3) is 3.99. The van der Waals surface area contributed by atoms with Crippen molar-refractivity contribution in [1.29, 1.82) is 0 Å². The van der Waals surface area contributed by atoms with Gasteiger partial charge in [-0.15, -0.1) is 0 Å². The van der Waals surface area contributed by atoms with Gasteiger partial charge in [0.2, 0.25) is 0 Å². The van der Waals surface area contributed by atoms with E-state index in [1.807, 2.05) is 30.3 Å². The average Bonchev–Trinajstić information content (AvgIpc) is 3.48. The van der Waals surface area contributed by atoms with Crippen LogP contribution in [0.5, 0.6) is 0 Å². The fourth-order valence-corrected chi connectivity index (χ4v) is 4.27. The van der Waals surface area contributed by atoms with E-state index in [1.54, 1.807) is 6.07 Å². The molecule has 31 heavy (non-hydrogen) atoms. The number of hydrogen-bond acceptors (Lipinski definition) is 4. The number of rotatable bonds is 5. The molecule has 1 fully saturated rings. The molecule has 0 radical (unpaired) electrons. The Kier molecular flexibility index (Phi) is 4.87. The van der Waals surface area contributed by atoms with Crippen molar-refractivity contribution in [3.05, 3.63) is 88.3 Å². The number of aromatic amines is 1. The van der Waals surface area contributed by atoms with Crippen LogP contribution in [-0.2, 0) is 0 Å². The largest absolute Gasteiger partial charge is 0.429 e. The molecule has 5 rings (SSSR count). The molecule has 0 bridgehead atoms. The molecule has 156 valence electrons. The molecule has 2 atom stereocenters. The summed E-state index contributed by atoms with van der Waals surface area (Å²) in [6.07, 6.45) is 1.13. The lowest BCUT2D eigenvalue weighted by Gasteiger charge is -2.20. The maximum atomic E-state index is 12.8. The third-order valence-corrected chi connectivity index (χ3v) is 6.14. The number of benzene rings is 3. The number of carbonyl (C=O) groups is 1. The second-order valence-electron chi connectivity index (χ2n) is 8.16. The van der Waals surface area contributed by atoms with E-state index in [4.69, 9.17) is 16.6 Å². The van der Waals surface area contributed by atoms with Crippen LogP contribution >= 0.6 is 12.2 Å². The normalized spacial score (nSPS) is 17.5. The summed E-state index contributed by atoms with van der Waals surface area (Å²) in [4.78, 5) is 18.4. The predicted molar refractivity (Wildman–Crippen MR) is 127 cm³/mol. The van der Waals surface area contributed by atoms with Gasteiger partial charge in [-0.3, -0.25) is 4.79 Å². The monoisotopic (exact) mass is 429 g/mol. The number of likely N-dealkylation sites (N-methyl/N-ethyl adjacent to an activating group) is 1. The first-order valence-electron chi connectivity index (χ1n) is 10.3. The zero-order valence-corrected chi connectivity index (χ0v) is 18.2. The Morgan fingerprint density at radius 1 is 1.13 bits per heavy atom. The van der Waals surface area contributed by atoms with Crippen molar-refractivity contribution in [1.82, 2.24) is 4.98 Å². The number of hydrogen-bond donors (Lipinski definition) is 2. The molecule has 1 amide bonds. The van der Waals surface area contributed by atoms with E-state index in [1.165, 1.54) is 11.1 Å². The minimum absolute atomic E-state index is 0.158. The van der Waals surface area contributed by atoms with Crippen molar-refractivity contribution >= 4 is 40.6 Å². The molecule has 0 spiro atoms. The van der Waals surface area contributed by atoms with Gasteiger partial charge < -0.3 is 19.6 Å². The molecule has 1 saturated carbocycles. The van der Waals surface area contributed by atoms with Crippen LogP contribution in [0.15, 0.2) is 71.1 Å². The van der Waals surface area contributed by atoms with Crippen molar-refractivity contribution in [2.24, 2.45) is 0 Å². The highest BCUT2D eigenvalue weighted by molar-refractivity contribution is 7.71. The molecular weight excluding hydrogens is 406 g/mol. The maximum Gasteiger partial charge on any atom is 0.266 e. The molecular formula is C25H23N3O2S. The van der Waals surface area contributed by atoms with Crippen LogP contribution in [0, 0.1) is 11.8 Å². The summed E-state index contributed by atoms with van der Waals surface area (Å²) < 4.78 is 5.43. The van der Waals surface area contributed by atoms with Gasteiger partial charge >= 0.3 is 0 Å². The van der Waals surface area contributed by atoms with Gasteiger partial charge in [-0.1, -0.05) is 35.9 Å². The predicted octanol–water partition coefficient (Wildman–Crippen LogP) is 6.04. The van der Waals surface area contributed by atoms with Gasteiger partial charge in [0, 0.05) is 42.0 Å². The number of oxazole rings is 1. The number of aromatic nitrogens is 1. The third-order valence-electron chi connectivity index (χ3n) is 5.95. The standard InChI is InChI=1S/C25H23N3O2S/c1-15-6-8-16(9-7-15)20-14-22(20)28(2)19-5-3-4-17(12-19)24(29)26-18-10-11-21-23(13-18)30-25(31)27-21/h3-13,20,22H,14H2,1-2H3,(H,26,29)(H,27,31). The molecule has 4 aromatic rings. The molecule has 1 aliphatic carbocycles. The summed E-state index contributed by atoms with van der Waals surface area (Å²) in [6.45, 7) is 2.11. The summed E-state index contributed by atoms with van der Waals surface area (Å²) in [7, 11) is 2.10. The van der Waals surface area contributed by atoms with Gasteiger partial charge in [-0.05, 0) is 61.5 Å². The summed E-state index contributed by atoms with van der Waals surface area (Å²) in [6, 6.07) is 22.4. The van der Waals surface area contributed by atoms with Gasteiger partial charge in [0.05, 0.1) is 5.52 Å². The van der Waals surface area contributed by atoms with Gasteiger partial charge in [-0.25, -0.2) is 0 Å². The molecule has 0 saturated heterocycles. The van der Waals surface area contributed by atoms with Crippen LogP contribution in [0.1, 0.15) is 33.8 Å². The molecule has 1 heterocycles. The van der Waals surface area contributed by atoms with Gasteiger partial charge in [-0.2, -0.15) is 0 Å². The van der Waals surface area contributed by atoms with E-state index >= 15 is 0 Å². The molecule has 1 aromatic heterocycles. The average molecular weight is 430 g/mol. The highest BCUT2D eigenvalue weighted by Crippen LogP contribution is 2.45. The molecule has 1 aliphatic rings. The zero-order valence-electron chi connectivity index (χ0n) is 17.4. The number of H-pyrrole nitrogens is 1. The van der Waals surface area contributed by atoms with E-state index in [-0.39, 0.29) is 5.91 Å². The number of carbonyl (C=O) groups excluding carboxylic acids is 1. The summed E-state index contributed by atoms with van der Waals surface area (Å²) in [5.74, 6) is 0.379. The minimum Gasteiger partial charge on any atom is -0.429 e. The van der Waals surface area contributed by atoms with E-state index in [0.29, 0.717) is 33.6 Å². The van der Waals surface area contributed by atoms with Gasteiger partial charge in [0.15, 0.2) is 5.58 Å². The van der Waals surface area contributed by atoms with E-state index in [0.717, 1.165) is 17.6 Å². The zero-order chi connectivity index (χ0) is 21.5. The SMILES string of the molecule is Cc1ccc(C2CC2N(C)c2cccc(C(=O)Nc3ccc4[nH]c(=S)oc4c3)c2)cc1. The van der Waals surface area contributed by atoms with Crippen LogP contribution in [0.25, 0.3) is 11.1 Å². The Hall–Kier alpha value is -3.38. The number of nitrogens with one attached hydrogen (secondary N) is 2.